The molecule has 2 aliphatic rings. The molecule has 1 aromatic heterocycles. The highest BCUT2D eigenvalue weighted by atomic mass is 16.2. The maximum Gasteiger partial charge on any atom is 0.239 e. The zero-order valence-corrected chi connectivity index (χ0v) is 15.7. The number of hydrogen-bond donors (Lipinski definition) is 1. The van der Waals surface area contributed by atoms with Gasteiger partial charge >= 0.3 is 0 Å². The number of nitrogens with one attached hydrogen (secondary N) is 1. The molecule has 2 unspecified atom stereocenters. The van der Waals surface area contributed by atoms with Crippen molar-refractivity contribution >= 4 is 23.6 Å². The van der Waals surface area contributed by atoms with E-state index < -0.39 is 0 Å². The molecule has 1 N–H and O–H groups in total. The fraction of sp³-hybridized carbons (Fsp3) is 0.600. The molecule has 6 nitrogen and oxygen atoms in total. The second-order valence-electron chi connectivity index (χ2n) is 7.69. The van der Waals surface area contributed by atoms with Crippen LogP contribution in [0.15, 0.2) is 12.3 Å². The van der Waals surface area contributed by atoms with Crippen LogP contribution in [0.5, 0.6) is 0 Å². The van der Waals surface area contributed by atoms with Crippen LogP contribution in [-0.4, -0.2) is 40.2 Å². The third-order valence-electron chi connectivity index (χ3n) is 5.40. The summed E-state index contributed by atoms with van der Waals surface area (Å²) in [7, 11) is 1.87. The number of carbonyl (C=O) groups excluding carboxylic acids is 2. The zero-order chi connectivity index (χ0) is 18.5. The Labute approximate surface area is 155 Å². The number of hydrogen-bond acceptors (Lipinski definition) is 5. The summed E-state index contributed by atoms with van der Waals surface area (Å²) in [6, 6.07) is 0. The van der Waals surface area contributed by atoms with E-state index in [1.807, 2.05) is 11.9 Å². The lowest BCUT2D eigenvalue weighted by molar-refractivity contribution is -0.117. The Kier molecular flexibility index (Phi) is 6.14. The second-order valence-corrected chi connectivity index (χ2v) is 7.69. The number of ketones is 1. The van der Waals surface area contributed by atoms with Gasteiger partial charge in [0.2, 0.25) is 5.91 Å². The van der Waals surface area contributed by atoms with Crippen molar-refractivity contribution in [3.63, 3.8) is 0 Å². The molecule has 6 heteroatoms. The van der Waals surface area contributed by atoms with Crippen molar-refractivity contribution in [2.45, 2.75) is 52.0 Å². The smallest absolute Gasteiger partial charge is 0.239 e. The van der Waals surface area contributed by atoms with E-state index in [4.69, 9.17) is 0 Å². The van der Waals surface area contributed by atoms with E-state index in [1.165, 1.54) is 25.7 Å². The van der Waals surface area contributed by atoms with Crippen LogP contribution >= 0.6 is 0 Å². The van der Waals surface area contributed by atoms with E-state index in [9.17, 15) is 9.59 Å². The van der Waals surface area contributed by atoms with Crippen LogP contribution in [0.1, 0.15) is 56.8 Å². The lowest BCUT2D eigenvalue weighted by Crippen LogP contribution is -2.26. The summed E-state index contributed by atoms with van der Waals surface area (Å²) < 4.78 is 0. The maximum absolute atomic E-state index is 12.4. The molecule has 1 fully saturated rings. The minimum Gasteiger partial charge on any atom is -0.308 e. The third kappa shape index (κ3) is 4.97. The van der Waals surface area contributed by atoms with Gasteiger partial charge in [-0.05, 0) is 37.5 Å². The van der Waals surface area contributed by atoms with Gasteiger partial charge in [0.15, 0.2) is 11.6 Å². The third-order valence-corrected chi connectivity index (χ3v) is 5.40. The molecule has 0 spiro atoms. The molecule has 1 saturated carbocycles. The van der Waals surface area contributed by atoms with Crippen LogP contribution in [0, 0.1) is 11.8 Å². The van der Waals surface area contributed by atoms with Gasteiger partial charge in [-0.1, -0.05) is 32.6 Å². The van der Waals surface area contributed by atoms with Crippen molar-refractivity contribution < 1.29 is 9.59 Å². The SMILES string of the molecule is CC1CCCCCC1CC(=O)C=Cc1cnc2c(n1)CN(C)CC(=O)N2. The number of rotatable bonds is 4. The molecule has 26 heavy (non-hydrogen) atoms. The van der Waals surface area contributed by atoms with Crippen LogP contribution in [0.4, 0.5) is 5.82 Å². The Bertz CT molecular complexity index is 701. The predicted octanol–water partition coefficient (Wildman–Crippen LogP) is 3.05. The number of nitrogens with zero attached hydrogens (tertiary/aromatic N) is 3. The number of allylic oxidation sites excluding steroid dienone is 1. The first-order chi connectivity index (χ1) is 12.5. The van der Waals surface area contributed by atoms with Crippen molar-refractivity contribution in [1.29, 1.82) is 0 Å². The van der Waals surface area contributed by atoms with Crippen LogP contribution in [-0.2, 0) is 16.1 Å². The Hall–Kier alpha value is -2.08. The molecule has 140 valence electrons. The Morgan fingerprint density at radius 3 is 2.96 bits per heavy atom. The van der Waals surface area contributed by atoms with Crippen molar-refractivity contribution in [2.75, 3.05) is 18.9 Å². The van der Waals surface area contributed by atoms with E-state index in [2.05, 4.69) is 22.2 Å². The fourth-order valence-electron chi connectivity index (χ4n) is 3.84. The summed E-state index contributed by atoms with van der Waals surface area (Å²) in [6.45, 7) is 3.15. The molecule has 1 aliphatic heterocycles. The van der Waals surface area contributed by atoms with E-state index in [-0.39, 0.29) is 11.7 Å². The van der Waals surface area contributed by atoms with Crippen molar-refractivity contribution in [3.8, 4) is 0 Å². The van der Waals surface area contributed by atoms with Gasteiger partial charge in [0, 0.05) is 13.0 Å². The second kappa shape index (κ2) is 8.54. The Morgan fingerprint density at radius 2 is 2.12 bits per heavy atom. The van der Waals surface area contributed by atoms with Crippen LogP contribution in [0.3, 0.4) is 0 Å². The standard InChI is InChI=1S/C20H28N4O2/c1-14-6-4-3-5-7-15(14)10-17(25)9-8-16-11-21-20-18(22-16)12-24(2)13-19(26)23-20/h8-9,11,14-15H,3-7,10,12-13H2,1-2H3,(H,21,23,26). The van der Waals surface area contributed by atoms with Crippen LogP contribution < -0.4 is 5.32 Å². The quantitative estimate of drug-likeness (QED) is 0.663. The van der Waals surface area contributed by atoms with E-state index in [0.29, 0.717) is 42.9 Å². The number of anilines is 1. The summed E-state index contributed by atoms with van der Waals surface area (Å²) in [4.78, 5) is 34.8. The molecular formula is C20H28N4O2. The van der Waals surface area contributed by atoms with Gasteiger partial charge in [-0.25, -0.2) is 9.97 Å². The van der Waals surface area contributed by atoms with Gasteiger partial charge in [-0.2, -0.15) is 0 Å². The molecular weight excluding hydrogens is 328 g/mol. The molecule has 3 rings (SSSR count). The highest BCUT2D eigenvalue weighted by Crippen LogP contribution is 2.31. The number of fused-ring (bicyclic) bond motifs is 1. The summed E-state index contributed by atoms with van der Waals surface area (Å²) in [5.74, 6) is 1.70. The number of amides is 1. The van der Waals surface area contributed by atoms with E-state index in [1.54, 1.807) is 18.3 Å². The summed E-state index contributed by atoms with van der Waals surface area (Å²) in [6.07, 6.45) is 11.8. The highest BCUT2D eigenvalue weighted by Gasteiger charge is 2.22. The summed E-state index contributed by atoms with van der Waals surface area (Å²) in [5, 5.41) is 2.76. The van der Waals surface area contributed by atoms with Gasteiger partial charge in [0.05, 0.1) is 24.1 Å². The number of aromatic nitrogens is 2. The normalized spacial score (nSPS) is 24.6. The first kappa shape index (κ1) is 18.7. The van der Waals surface area contributed by atoms with Crippen LogP contribution in [0.25, 0.3) is 6.08 Å². The van der Waals surface area contributed by atoms with Gasteiger partial charge in [-0.3, -0.25) is 14.5 Å². The Morgan fingerprint density at radius 1 is 1.31 bits per heavy atom. The molecule has 1 amide bonds. The van der Waals surface area contributed by atoms with Gasteiger partial charge < -0.3 is 5.32 Å². The predicted molar refractivity (Wildman–Crippen MR) is 101 cm³/mol. The first-order valence-electron chi connectivity index (χ1n) is 9.56. The minimum absolute atomic E-state index is 0.0865. The molecule has 1 aliphatic carbocycles. The molecule has 0 aromatic carbocycles. The maximum atomic E-state index is 12.4. The van der Waals surface area contributed by atoms with E-state index in [0.717, 1.165) is 12.1 Å². The molecule has 0 bridgehead atoms. The van der Waals surface area contributed by atoms with Crippen LogP contribution in [0.2, 0.25) is 0 Å². The molecule has 2 heterocycles. The van der Waals surface area contributed by atoms with Gasteiger partial charge in [0.25, 0.3) is 0 Å². The van der Waals surface area contributed by atoms with Gasteiger partial charge in [0.1, 0.15) is 0 Å². The fourth-order valence-corrected chi connectivity index (χ4v) is 3.84. The van der Waals surface area contributed by atoms with Gasteiger partial charge in [-0.15, -0.1) is 0 Å². The monoisotopic (exact) mass is 356 g/mol. The average Bonchev–Trinajstić information content (AvgIpc) is 2.87. The largest absolute Gasteiger partial charge is 0.308 e. The van der Waals surface area contributed by atoms with E-state index >= 15 is 0 Å². The summed E-state index contributed by atoms with van der Waals surface area (Å²) >= 11 is 0. The number of carbonyl (C=O) groups is 2. The number of likely N-dealkylation sites (N-methyl/N-ethyl adjacent to an activating group) is 1. The topological polar surface area (TPSA) is 75.2 Å². The lowest BCUT2D eigenvalue weighted by atomic mass is 9.85. The van der Waals surface area contributed by atoms with Crippen molar-refractivity contribution in [2.24, 2.45) is 11.8 Å². The zero-order valence-electron chi connectivity index (χ0n) is 15.7. The molecule has 0 radical (unpaired) electrons. The van der Waals surface area contributed by atoms with Crippen molar-refractivity contribution in [1.82, 2.24) is 14.9 Å². The van der Waals surface area contributed by atoms with Crippen molar-refractivity contribution in [3.05, 3.63) is 23.7 Å². The summed E-state index contributed by atoms with van der Waals surface area (Å²) in [5.41, 5.74) is 1.38. The molecule has 1 aromatic rings. The average molecular weight is 356 g/mol. The highest BCUT2D eigenvalue weighted by molar-refractivity contribution is 5.94. The first-order valence-corrected chi connectivity index (χ1v) is 9.56. The lowest BCUT2D eigenvalue weighted by Gasteiger charge is -2.19. The molecule has 2 atom stereocenters. The Balaban J connectivity index is 1.64. The molecule has 0 saturated heterocycles. The minimum atomic E-state index is -0.0865.